The van der Waals surface area contributed by atoms with Crippen LogP contribution in [-0.4, -0.2) is 48.0 Å². The van der Waals surface area contributed by atoms with E-state index in [-0.39, 0.29) is 23.9 Å². The second kappa shape index (κ2) is 10.0. The average Bonchev–Trinajstić information content (AvgIpc) is 3.67. The number of ether oxygens (including phenoxy) is 1. The van der Waals surface area contributed by atoms with Crippen molar-refractivity contribution in [1.29, 1.82) is 0 Å². The fourth-order valence-corrected chi connectivity index (χ4v) is 6.24. The molecule has 0 spiro atoms. The highest BCUT2D eigenvalue weighted by molar-refractivity contribution is 7.18. The van der Waals surface area contributed by atoms with Gasteiger partial charge in [0.25, 0.3) is 0 Å². The van der Waals surface area contributed by atoms with Crippen molar-refractivity contribution < 1.29 is 13.9 Å². The van der Waals surface area contributed by atoms with E-state index >= 15 is 0 Å². The first-order chi connectivity index (χ1) is 19.2. The van der Waals surface area contributed by atoms with Gasteiger partial charge in [-0.05, 0) is 56.5 Å². The Kier molecular flexibility index (Phi) is 6.50. The van der Waals surface area contributed by atoms with E-state index < -0.39 is 0 Å². The molecular formula is C30H29FN6O2S. The number of carbonyl (C=O) groups is 1. The fourth-order valence-electron chi connectivity index (χ4n) is 5.28. The molecule has 6 rings (SSSR count). The molecule has 0 saturated carbocycles. The van der Waals surface area contributed by atoms with E-state index in [1.165, 1.54) is 18.2 Å². The summed E-state index contributed by atoms with van der Waals surface area (Å²) in [6.07, 6.45) is 4.93. The van der Waals surface area contributed by atoms with Crippen molar-refractivity contribution >= 4 is 27.3 Å². The van der Waals surface area contributed by atoms with Crippen LogP contribution >= 0.6 is 11.3 Å². The molecule has 5 heterocycles. The summed E-state index contributed by atoms with van der Waals surface area (Å²) in [4.78, 5) is 19.4. The maximum absolute atomic E-state index is 14.5. The molecule has 0 aliphatic carbocycles. The van der Waals surface area contributed by atoms with E-state index in [1.54, 1.807) is 33.2 Å². The highest BCUT2D eigenvalue weighted by atomic mass is 32.1. The first-order valence-corrected chi connectivity index (χ1v) is 14.0. The molecule has 1 aliphatic rings. The van der Waals surface area contributed by atoms with Gasteiger partial charge in [0, 0.05) is 52.6 Å². The number of hydrogen-bond acceptors (Lipinski definition) is 6. The minimum absolute atomic E-state index is 0.0289. The number of pyridine rings is 1. The minimum Gasteiger partial charge on any atom is -0.490 e. The Hall–Kier alpha value is -4.31. The molecular weight excluding hydrogens is 527 g/mol. The van der Waals surface area contributed by atoms with Crippen molar-refractivity contribution in [1.82, 2.24) is 29.4 Å². The summed E-state index contributed by atoms with van der Waals surface area (Å²) < 4.78 is 25.3. The van der Waals surface area contributed by atoms with Gasteiger partial charge in [0.15, 0.2) is 0 Å². The average molecular weight is 557 g/mol. The van der Waals surface area contributed by atoms with Crippen LogP contribution in [0.3, 0.4) is 0 Å². The van der Waals surface area contributed by atoms with Gasteiger partial charge in [-0.3, -0.25) is 14.2 Å². The van der Waals surface area contributed by atoms with Gasteiger partial charge in [0.2, 0.25) is 5.91 Å². The number of benzene rings is 1. The lowest BCUT2D eigenvalue weighted by Gasteiger charge is -2.31. The molecule has 10 heteroatoms. The van der Waals surface area contributed by atoms with Gasteiger partial charge in [0.05, 0.1) is 36.3 Å². The van der Waals surface area contributed by atoms with Gasteiger partial charge in [-0.2, -0.15) is 10.2 Å². The van der Waals surface area contributed by atoms with Crippen LogP contribution in [0.5, 0.6) is 5.75 Å². The van der Waals surface area contributed by atoms with E-state index in [0.29, 0.717) is 30.2 Å². The summed E-state index contributed by atoms with van der Waals surface area (Å²) in [7, 11) is 1.87. The summed E-state index contributed by atoms with van der Waals surface area (Å²) in [6, 6.07) is 8.63. The monoisotopic (exact) mass is 556 g/mol. The molecule has 1 atom stereocenters. The third-order valence-electron chi connectivity index (χ3n) is 6.96. The highest BCUT2D eigenvalue weighted by Gasteiger charge is 2.29. The summed E-state index contributed by atoms with van der Waals surface area (Å²) in [5.74, 6) is -0.0381. The lowest BCUT2D eigenvalue weighted by atomic mass is 9.97. The maximum atomic E-state index is 14.5. The molecule has 204 valence electrons. The van der Waals surface area contributed by atoms with Crippen molar-refractivity contribution in [3.05, 3.63) is 72.3 Å². The van der Waals surface area contributed by atoms with Gasteiger partial charge in [-0.15, -0.1) is 11.3 Å². The molecule has 5 aromatic rings. The molecule has 4 aromatic heterocycles. The van der Waals surface area contributed by atoms with Crippen LogP contribution in [0.4, 0.5) is 4.39 Å². The number of carbonyl (C=O) groups excluding carboxylic acids is 1. The second-order valence-corrected chi connectivity index (χ2v) is 11.2. The third-order valence-corrected chi connectivity index (χ3v) is 7.89. The van der Waals surface area contributed by atoms with E-state index in [4.69, 9.17) is 14.8 Å². The number of halogens is 1. The molecule has 0 saturated heterocycles. The Morgan fingerprint density at radius 1 is 1.25 bits per heavy atom. The van der Waals surface area contributed by atoms with Gasteiger partial charge in [-0.1, -0.05) is 6.58 Å². The first kappa shape index (κ1) is 25.9. The molecule has 40 heavy (non-hydrogen) atoms. The SMILES string of the molecule is C=CC(=O)N1Cc2cc(-c3nc(-c4cnn(C)c4)c4ccsc4c3-c3ccc(F)cc3OC(C)C)nn2[C@@H](C)C1. The zero-order chi connectivity index (χ0) is 28.1. The van der Waals surface area contributed by atoms with Crippen LogP contribution in [-0.2, 0) is 18.4 Å². The van der Waals surface area contributed by atoms with Gasteiger partial charge in [-0.25, -0.2) is 9.37 Å². The number of amides is 1. The topological polar surface area (TPSA) is 78.1 Å². The second-order valence-electron chi connectivity index (χ2n) is 10.3. The van der Waals surface area contributed by atoms with E-state index in [1.807, 2.05) is 56.2 Å². The summed E-state index contributed by atoms with van der Waals surface area (Å²) in [5, 5.41) is 12.4. The van der Waals surface area contributed by atoms with Gasteiger partial charge < -0.3 is 9.64 Å². The van der Waals surface area contributed by atoms with Crippen LogP contribution < -0.4 is 4.74 Å². The first-order valence-electron chi connectivity index (χ1n) is 13.1. The Balaban J connectivity index is 1.63. The zero-order valence-corrected chi connectivity index (χ0v) is 23.6. The summed E-state index contributed by atoms with van der Waals surface area (Å²) in [5.41, 5.74) is 5.48. The molecule has 8 nitrogen and oxygen atoms in total. The normalized spacial score (nSPS) is 15.1. The molecule has 0 fully saturated rings. The highest BCUT2D eigenvalue weighted by Crippen LogP contribution is 2.46. The van der Waals surface area contributed by atoms with Crippen LogP contribution in [0.25, 0.3) is 43.9 Å². The minimum atomic E-state index is -0.374. The van der Waals surface area contributed by atoms with Crippen molar-refractivity contribution in [2.24, 2.45) is 7.05 Å². The molecule has 1 aliphatic heterocycles. The number of aromatic nitrogens is 5. The smallest absolute Gasteiger partial charge is 0.246 e. The van der Waals surface area contributed by atoms with E-state index in [0.717, 1.165) is 38.2 Å². The molecule has 0 N–H and O–H groups in total. The predicted octanol–water partition coefficient (Wildman–Crippen LogP) is 6.24. The number of nitrogens with zero attached hydrogens (tertiary/aromatic N) is 6. The van der Waals surface area contributed by atoms with Gasteiger partial charge in [0.1, 0.15) is 23.0 Å². The summed E-state index contributed by atoms with van der Waals surface area (Å²) in [6.45, 7) is 10.5. The molecule has 1 aromatic carbocycles. The number of rotatable bonds is 6. The van der Waals surface area contributed by atoms with Crippen molar-refractivity contribution in [2.75, 3.05) is 6.54 Å². The quantitative estimate of drug-likeness (QED) is 0.231. The number of thiophene rings is 1. The third kappa shape index (κ3) is 4.48. The largest absolute Gasteiger partial charge is 0.490 e. The van der Waals surface area contributed by atoms with Crippen LogP contribution in [0.1, 0.15) is 32.5 Å². The predicted molar refractivity (Wildman–Crippen MR) is 155 cm³/mol. The van der Waals surface area contributed by atoms with E-state index in [9.17, 15) is 9.18 Å². The lowest BCUT2D eigenvalue weighted by molar-refractivity contribution is -0.127. The maximum Gasteiger partial charge on any atom is 0.246 e. The summed E-state index contributed by atoms with van der Waals surface area (Å²) >= 11 is 1.59. The van der Waals surface area contributed by atoms with Crippen molar-refractivity contribution in [2.45, 2.75) is 39.5 Å². The molecule has 0 bridgehead atoms. The number of aryl methyl sites for hydroxylation is 1. The Morgan fingerprint density at radius 3 is 2.80 bits per heavy atom. The van der Waals surface area contributed by atoms with Crippen molar-refractivity contribution in [3.63, 3.8) is 0 Å². The Morgan fingerprint density at radius 2 is 2.08 bits per heavy atom. The van der Waals surface area contributed by atoms with Crippen LogP contribution in [0.2, 0.25) is 0 Å². The fraction of sp³-hybridized carbons (Fsp3) is 0.267. The standard InChI is InChI=1S/C30H29FN6O2S/c1-6-26(38)36-14-18(4)37-21(16-36)12-24(34-37)29-27(22-8-7-20(31)11-25(22)39-17(2)3)30-23(9-10-40-30)28(33-29)19-13-32-35(5)15-19/h6-13,15,17-18H,1,14,16H2,2-5H3/t18-/m0/s1. The molecule has 0 unspecified atom stereocenters. The molecule has 1 amide bonds. The van der Waals surface area contributed by atoms with Gasteiger partial charge >= 0.3 is 0 Å². The Bertz CT molecular complexity index is 1770. The van der Waals surface area contributed by atoms with Crippen molar-refractivity contribution in [3.8, 4) is 39.5 Å². The number of fused-ring (bicyclic) bond motifs is 2. The van der Waals surface area contributed by atoms with E-state index in [2.05, 4.69) is 11.7 Å². The van der Waals surface area contributed by atoms with Crippen LogP contribution in [0.15, 0.2) is 60.8 Å². The Labute approximate surface area is 235 Å². The number of hydrogen-bond donors (Lipinski definition) is 0. The zero-order valence-electron chi connectivity index (χ0n) is 22.8. The lowest BCUT2D eigenvalue weighted by Crippen LogP contribution is -2.39. The van der Waals surface area contributed by atoms with Crippen LogP contribution in [0, 0.1) is 5.82 Å². The molecule has 0 radical (unpaired) electrons.